The molecule has 0 amide bonds. The Morgan fingerprint density at radius 3 is 2.48 bits per heavy atom. The summed E-state index contributed by atoms with van der Waals surface area (Å²) in [5.41, 5.74) is 2.22. The molecule has 21 heavy (non-hydrogen) atoms. The van der Waals surface area contributed by atoms with E-state index in [1.165, 1.54) is 5.56 Å². The summed E-state index contributed by atoms with van der Waals surface area (Å²) >= 11 is 0. The van der Waals surface area contributed by atoms with Crippen LogP contribution in [0.25, 0.3) is 5.69 Å². The van der Waals surface area contributed by atoms with Gasteiger partial charge in [0.1, 0.15) is 11.5 Å². The first-order valence-corrected chi connectivity index (χ1v) is 6.68. The molecule has 4 nitrogen and oxygen atoms in total. The lowest BCUT2D eigenvalue weighted by atomic mass is 10.2. The van der Waals surface area contributed by atoms with Gasteiger partial charge < -0.3 is 9.47 Å². The Morgan fingerprint density at radius 2 is 1.71 bits per heavy atom. The summed E-state index contributed by atoms with van der Waals surface area (Å²) in [7, 11) is 1.63. The highest BCUT2D eigenvalue weighted by Gasteiger charge is 2.04. The zero-order valence-corrected chi connectivity index (χ0v) is 12.0. The molecule has 0 aliphatic heterocycles. The second-order valence-electron chi connectivity index (χ2n) is 4.74. The minimum atomic E-state index is 0.684. The molecule has 2 aromatic carbocycles. The second kappa shape index (κ2) is 5.71. The summed E-state index contributed by atoms with van der Waals surface area (Å²) in [6.07, 6.45) is 3.55. The maximum atomic E-state index is 5.78. The van der Waals surface area contributed by atoms with E-state index in [4.69, 9.17) is 9.47 Å². The lowest BCUT2D eigenvalue weighted by Crippen LogP contribution is -1.93. The third-order valence-electron chi connectivity index (χ3n) is 3.13. The maximum absolute atomic E-state index is 5.78. The molecule has 0 radical (unpaired) electrons. The lowest BCUT2D eigenvalue weighted by molar-refractivity contribution is 0.409. The molecule has 0 unspecified atom stereocenters. The van der Waals surface area contributed by atoms with Gasteiger partial charge >= 0.3 is 0 Å². The van der Waals surface area contributed by atoms with Crippen molar-refractivity contribution in [2.45, 2.75) is 6.92 Å². The fourth-order valence-corrected chi connectivity index (χ4v) is 2.00. The van der Waals surface area contributed by atoms with Crippen LogP contribution in [-0.4, -0.2) is 16.9 Å². The highest BCUT2D eigenvalue weighted by atomic mass is 16.5. The molecule has 3 rings (SSSR count). The van der Waals surface area contributed by atoms with Gasteiger partial charge in [0.05, 0.1) is 25.2 Å². The average Bonchev–Trinajstić information content (AvgIpc) is 2.96. The molecule has 1 aromatic heterocycles. The second-order valence-corrected chi connectivity index (χ2v) is 4.74. The average molecular weight is 280 g/mol. The molecule has 0 N–H and O–H groups in total. The van der Waals surface area contributed by atoms with Crippen LogP contribution in [0.15, 0.2) is 60.9 Å². The summed E-state index contributed by atoms with van der Waals surface area (Å²) in [4.78, 5) is 0. The van der Waals surface area contributed by atoms with Crippen LogP contribution in [0.2, 0.25) is 0 Å². The van der Waals surface area contributed by atoms with Gasteiger partial charge in [0.25, 0.3) is 0 Å². The summed E-state index contributed by atoms with van der Waals surface area (Å²) in [6, 6.07) is 15.6. The number of nitrogens with zero attached hydrogens (tertiary/aromatic N) is 2. The zero-order valence-electron chi connectivity index (χ0n) is 12.0. The minimum absolute atomic E-state index is 0.684. The van der Waals surface area contributed by atoms with Crippen molar-refractivity contribution in [3.05, 3.63) is 66.5 Å². The van der Waals surface area contributed by atoms with Crippen LogP contribution in [0.4, 0.5) is 0 Å². The van der Waals surface area contributed by atoms with E-state index in [9.17, 15) is 0 Å². The predicted molar refractivity (Wildman–Crippen MR) is 81.4 cm³/mol. The third-order valence-corrected chi connectivity index (χ3v) is 3.13. The van der Waals surface area contributed by atoms with Gasteiger partial charge in [-0.2, -0.15) is 5.10 Å². The van der Waals surface area contributed by atoms with Crippen molar-refractivity contribution in [2.24, 2.45) is 0 Å². The van der Waals surface area contributed by atoms with Crippen molar-refractivity contribution >= 4 is 0 Å². The van der Waals surface area contributed by atoms with E-state index in [2.05, 4.69) is 24.2 Å². The molecule has 0 fully saturated rings. The summed E-state index contributed by atoms with van der Waals surface area (Å²) in [5.74, 6) is 2.17. The first-order chi connectivity index (χ1) is 10.2. The molecule has 4 heteroatoms. The first-order valence-electron chi connectivity index (χ1n) is 6.68. The Kier molecular flexibility index (Phi) is 3.60. The standard InChI is InChI=1S/C17H16N2O2/c1-13-6-8-14(9-7-13)19-12-17(11-18-19)21-16-5-3-4-15(10-16)20-2/h3-12H,1-2H3. The van der Waals surface area contributed by atoms with Crippen molar-refractivity contribution in [1.29, 1.82) is 0 Å². The number of aromatic nitrogens is 2. The molecule has 106 valence electrons. The van der Waals surface area contributed by atoms with Crippen molar-refractivity contribution < 1.29 is 9.47 Å². The van der Waals surface area contributed by atoms with E-state index in [1.807, 2.05) is 42.6 Å². The van der Waals surface area contributed by atoms with Gasteiger partial charge in [0.15, 0.2) is 5.75 Å². The number of hydrogen-bond donors (Lipinski definition) is 0. The number of hydrogen-bond acceptors (Lipinski definition) is 3. The number of rotatable bonds is 4. The van der Waals surface area contributed by atoms with E-state index in [-0.39, 0.29) is 0 Å². The Balaban J connectivity index is 1.80. The van der Waals surface area contributed by atoms with Crippen LogP contribution in [0.5, 0.6) is 17.2 Å². The van der Waals surface area contributed by atoms with E-state index >= 15 is 0 Å². The lowest BCUT2D eigenvalue weighted by Gasteiger charge is -2.05. The van der Waals surface area contributed by atoms with Crippen molar-refractivity contribution in [2.75, 3.05) is 7.11 Å². The quantitative estimate of drug-likeness (QED) is 0.725. The minimum Gasteiger partial charge on any atom is -0.497 e. The molecule has 0 saturated carbocycles. The first kappa shape index (κ1) is 13.2. The van der Waals surface area contributed by atoms with Crippen LogP contribution in [0.1, 0.15) is 5.56 Å². The van der Waals surface area contributed by atoms with E-state index in [0.29, 0.717) is 5.75 Å². The van der Waals surface area contributed by atoms with Gasteiger partial charge in [0.2, 0.25) is 0 Å². The fourth-order valence-electron chi connectivity index (χ4n) is 2.00. The predicted octanol–water partition coefficient (Wildman–Crippen LogP) is 3.98. The Morgan fingerprint density at radius 1 is 0.952 bits per heavy atom. The molecule has 0 atom stereocenters. The SMILES string of the molecule is COc1cccc(Oc2cnn(-c3ccc(C)cc3)c2)c1. The zero-order chi connectivity index (χ0) is 14.7. The van der Waals surface area contributed by atoms with Crippen LogP contribution in [-0.2, 0) is 0 Å². The van der Waals surface area contributed by atoms with E-state index in [1.54, 1.807) is 18.0 Å². The molecule has 1 heterocycles. The molecule has 0 aliphatic rings. The summed E-state index contributed by atoms with van der Waals surface area (Å²) in [5, 5.41) is 4.32. The smallest absolute Gasteiger partial charge is 0.165 e. The number of ether oxygens (including phenoxy) is 2. The Hall–Kier alpha value is -2.75. The number of aryl methyl sites for hydroxylation is 1. The maximum Gasteiger partial charge on any atom is 0.165 e. The van der Waals surface area contributed by atoms with Crippen LogP contribution >= 0.6 is 0 Å². The highest BCUT2D eigenvalue weighted by Crippen LogP contribution is 2.25. The molecule has 0 saturated heterocycles. The summed E-state index contributed by atoms with van der Waals surface area (Å²) < 4.78 is 12.7. The van der Waals surface area contributed by atoms with Crippen LogP contribution < -0.4 is 9.47 Å². The highest BCUT2D eigenvalue weighted by molar-refractivity contribution is 5.38. The molecule has 0 spiro atoms. The van der Waals surface area contributed by atoms with Gasteiger partial charge in [-0.05, 0) is 31.2 Å². The van der Waals surface area contributed by atoms with Gasteiger partial charge in [-0.25, -0.2) is 4.68 Å². The van der Waals surface area contributed by atoms with E-state index in [0.717, 1.165) is 17.2 Å². The molecule has 3 aromatic rings. The number of methoxy groups -OCH3 is 1. The molecule has 0 bridgehead atoms. The normalized spacial score (nSPS) is 10.4. The van der Waals surface area contributed by atoms with E-state index < -0.39 is 0 Å². The molecular formula is C17H16N2O2. The summed E-state index contributed by atoms with van der Waals surface area (Å²) in [6.45, 7) is 2.06. The van der Waals surface area contributed by atoms with Gasteiger partial charge in [-0.15, -0.1) is 0 Å². The van der Waals surface area contributed by atoms with Gasteiger partial charge in [-0.3, -0.25) is 0 Å². The Bertz CT molecular complexity index is 733. The topological polar surface area (TPSA) is 36.3 Å². The fraction of sp³-hybridized carbons (Fsp3) is 0.118. The monoisotopic (exact) mass is 280 g/mol. The Labute approximate surface area is 123 Å². The van der Waals surface area contributed by atoms with Gasteiger partial charge in [-0.1, -0.05) is 23.8 Å². The largest absolute Gasteiger partial charge is 0.497 e. The van der Waals surface area contributed by atoms with Crippen molar-refractivity contribution in [3.63, 3.8) is 0 Å². The van der Waals surface area contributed by atoms with Crippen molar-refractivity contribution in [3.8, 4) is 22.9 Å². The number of benzene rings is 2. The third kappa shape index (κ3) is 3.05. The molecular weight excluding hydrogens is 264 g/mol. The van der Waals surface area contributed by atoms with Gasteiger partial charge in [0, 0.05) is 6.07 Å². The van der Waals surface area contributed by atoms with Crippen LogP contribution in [0, 0.1) is 6.92 Å². The molecule has 0 aliphatic carbocycles. The van der Waals surface area contributed by atoms with Crippen molar-refractivity contribution in [1.82, 2.24) is 9.78 Å². The van der Waals surface area contributed by atoms with Crippen LogP contribution in [0.3, 0.4) is 0 Å².